The number of nitrogens with zero attached hydrogens (tertiary/aromatic N) is 2. The number of ether oxygens (including phenoxy) is 2. The molecule has 2 fully saturated rings. The van der Waals surface area contributed by atoms with Gasteiger partial charge < -0.3 is 18.8 Å². The van der Waals surface area contributed by atoms with Gasteiger partial charge in [-0.3, -0.25) is 9.69 Å². The molecule has 1 saturated heterocycles. The Kier molecular flexibility index (Phi) is 7.33. The molecular formula is C30H36N2O4. The van der Waals surface area contributed by atoms with Crippen LogP contribution in [0.3, 0.4) is 0 Å². The third-order valence-electron chi connectivity index (χ3n) is 7.77. The molecule has 0 unspecified atom stereocenters. The van der Waals surface area contributed by atoms with Gasteiger partial charge in [0.25, 0.3) is 0 Å². The van der Waals surface area contributed by atoms with Crippen molar-refractivity contribution in [3.8, 4) is 22.6 Å². The number of carbonyl (C=O) groups excluding carboxylic acids is 1. The molecule has 190 valence electrons. The molecule has 1 aliphatic carbocycles. The zero-order chi connectivity index (χ0) is 25.1. The molecule has 1 aromatic heterocycles. The van der Waals surface area contributed by atoms with Crippen LogP contribution >= 0.6 is 0 Å². The van der Waals surface area contributed by atoms with E-state index in [-0.39, 0.29) is 5.91 Å². The van der Waals surface area contributed by atoms with Crippen LogP contribution in [0, 0.1) is 0 Å². The predicted molar refractivity (Wildman–Crippen MR) is 143 cm³/mol. The summed E-state index contributed by atoms with van der Waals surface area (Å²) < 4.78 is 17.1. The maximum Gasteiger partial charge on any atom is 0.246 e. The Labute approximate surface area is 213 Å². The van der Waals surface area contributed by atoms with Gasteiger partial charge >= 0.3 is 0 Å². The number of allylic oxidation sites excluding steroid dienone is 1. The minimum Gasteiger partial charge on any atom is -0.496 e. The first-order chi connectivity index (χ1) is 17.6. The summed E-state index contributed by atoms with van der Waals surface area (Å²) in [5.41, 5.74) is 4.40. The molecule has 1 amide bonds. The summed E-state index contributed by atoms with van der Waals surface area (Å²) in [6, 6.07) is 12.6. The van der Waals surface area contributed by atoms with Gasteiger partial charge in [-0.25, -0.2) is 0 Å². The van der Waals surface area contributed by atoms with Crippen molar-refractivity contribution in [3.63, 3.8) is 0 Å². The Bertz CT molecular complexity index is 1250. The fourth-order valence-corrected chi connectivity index (χ4v) is 5.72. The van der Waals surface area contributed by atoms with Crippen molar-refractivity contribution in [3.05, 3.63) is 54.3 Å². The lowest BCUT2D eigenvalue weighted by molar-refractivity contribution is -0.128. The Balaban J connectivity index is 1.38. The molecule has 6 heteroatoms. The van der Waals surface area contributed by atoms with Crippen molar-refractivity contribution < 1.29 is 18.7 Å². The fourth-order valence-electron chi connectivity index (χ4n) is 5.72. The molecule has 0 N–H and O–H groups in total. The molecule has 3 aromatic rings. The van der Waals surface area contributed by atoms with Crippen molar-refractivity contribution in [1.29, 1.82) is 0 Å². The number of methoxy groups -OCH3 is 2. The standard InChI is InChI=1S/C30H36N2O4/c1-21(17-30(33)32-15-13-31(14-16-32)22-9-5-4-6-10-22)24-18-25-26(20-36-29(25)19-28(24)35-3)23-11-7-8-12-27(23)34-2/h7-8,11-12,17-20,22H,4-6,9-10,13-16H2,1-3H3/b21-17+. The van der Waals surface area contributed by atoms with Crippen LogP contribution in [0.25, 0.3) is 27.7 Å². The van der Waals surface area contributed by atoms with Crippen molar-refractivity contribution in [1.82, 2.24) is 9.80 Å². The van der Waals surface area contributed by atoms with Gasteiger partial charge in [0.1, 0.15) is 17.1 Å². The Morgan fingerprint density at radius 3 is 2.39 bits per heavy atom. The Morgan fingerprint density at radius 2 is 1.67 bits per heavy atom. The van der Waals surface area contributed by atoms with Crippen molar-refractivity contribution in [2.45, 2.75) is 45.1 Å². The number of hydrogen-bond acceptors (Lipinski definition) is 5. The van der Waals surface area contributed by atoms with Gasteiger partial charge in [-0.1, -0.05) is 37.5 Å². The molecule has 5 rings (SSSR count). The SMILES string of the molecule is COc1cc2occ(-c3ccccc3OC)c2cc1/C(C)=C/C(=O)N1CCN(C2CCCCC2)CC1. The van der Waals surface area contributed by atoms with E-state index < -0.39 is 0 Å². The maximum absolute atomic E-state index is 13.2. The molecule has 1 saturated carbocycles. The molecule has 36 heavy (non-hydrogen) atoms. The number of hydrogen-bond donors (Lipinski definition) is 0. The summed E-state index contributed by atoms with van der Waals surface area (Å²) in [6.45, 7) is 5.48. The summed E-state index contributed by atoms with van der Waals surface area (Å²) >= 11 is 0. The first-order valence-electron chi connectivity index (χ1n) is 13.0. The normalized spacial score (nSPS) is 18.0. The molecule has 0 atom stereocenters. The first-order valence-corrected chi connectivity index (χ1v) is 13.0. The zero-order valence-electron chi connectivity index (χ0n) is 21.6. The Morgan fingerprint density at radius 1 is 0.944 bits per heavy atom. The quantitative estimate of drug-likeness (QED) is 0.399. The third-order valence-corrected chi connectivity index (χ3v) is 7.77. The van der Waals surface area contributed by atoms with Gasteiger partial charge in [0.15, 0.2) is 0 Å². The molecule has 6 nitrogen and oxygen atoms in total. The smallest absolute Gasteiger partial charge is 0.246 e. The number of rotatable bonds is 6. The minimum absolute atomic E-state index is 0.0649. The number of furan rings is 1. The lowest BCUT2D eigenvalue weighted by atomic mass is 9.94. The maximum atomic E-state index is 13.2. The fraction of sp³-hybridized carbons (Fsp3) is 0.433. The summed E-state index contributed by atoms with van der Waals surface area (Å²) in [5, 5.41) is 0.955. The monoisotopic (exact) mass is 488 g/mol. The second-order valence-electron chi connectivity index (χ2n) is 9.88. The van der Waals surface area contributed by atoms with Gasteiger partial charge in [0, 0.05) is 66.4 Å². The average Bonchev–Trinajstić information content (AvgIpc) is 3.35. The van der Waals surface area contributed by atoms with E-state index >= 15 is 0 Å². The third kappa shape index (κ3) is 4.87. The number of piperazine rings is 1. The minimum atomic E-state index is 0.0649. The van der Waals surface area contributed by atoms with Crippen molar-refractivity contribution in [2.24, 2.45) is 0 Å². The molecule has 0 spiro atoms. The molecule has 2 aliphatic rings. The molecular weight excluding hydrogens is 452 g/mol. The van der Waals surface area contributed by atoms with Crippen molar-refractivity contribution >= 4 is 22.4 Å². The Hall–Kier alpha value is -3.25. The van der Waals surface area contributed by atoms with Crippen LogP contribution < -0.4 is 9.47 Å². The van der Waals surface area contributed by atoms with Crippen LogP contribution in [0.4, 0.5) is 0 Å². The van der Waals surface area contributed by atoms with Crippen LogP contribution in [0.1, 0.15) is 44.6 Å². The van der Waals surface area contributed by atoms with E-state index in [9.17, 15) is 4.79 Å². The highest BCUT2D eigenvalue weighted by Crippen LogP contribution is 2.40. The van der Waals surface area contributed by atoms with E-state index in [0.29, 0.717) is 11.8 Å². The van der Waals surface area contributed by atoms with Gasteiger partial charge in [0.2, 0.25) is 5.91 Å². The molecule has 0 bridgehead atoms. The zero-order valence-corrected chi connectivity index (χ0v) is 21.6. The summed E-state index contributed by atoms with van der Waals surface area (Å²) in [4.78, 5) is 17.8. The second kappa shape index (κ2) is 10.8. The van der Waals surface area contributed by atoms with E-state index in [0.717, 1.165) is 65.2 Å². The largest absolute Gasteiger partial charge is 0.496 e. The van der Waals surface area contributed by atoms with E-state index in [2.05, 4.69) is 11.0 Å². The highest BCUT2D eigenvalue weighted by atomic mass is 16.5. The van der Waals surface area contributed by atoms with Crippen LogP contribution in [0.15, 0.2) is 53.2 Å². The highest BCUT2D eigenvalue weighted by molar-refractivity contribution is 6.01. The van der Waals surface area contributed by atoms with E-state index in [4.69, 9.17) is 13.9 Å². The number of carbonyl (C=O) groups is 1. The van der Waals surface area contributed by atoms with Gasteiger partial charge in [-0.15, -0.1) is 0 Å². The molecule has 2 aromatic carbocycles. The number of fused-ring (bicyclic) bond motifs is 1. The van der Waals surface area contributed by atoms with E-state index in [1.807, 2.05) is 42.2 Å². The topological polar surface area (TPSA) is 55.2 Å². The van der Waals surface area contributed by atoms with Crippen LogP contribution in [0.5, 0.6) is 11.5 Å². The lowest BCUT2D eigenvalue weighted by Gasteiger charge is -2.40. The first kappa shape index (κ1) is 24.4. The van der Waals surface area contributed by atoms with Crippen LogP contribution in [-0.4, -0.2) is 62.1 Å². The molecule has 1 aliphatic heterocycles. The molecule has 0 radical (unpaired) electrons. The van der Waals surface area contributed by atoms with Crippen LogP contribution in [0.2, 0.25) is 0 Å². The highest BCUT2D eigenvalue weighted by Gasteiger charge is 2.26. The number of amides is 1. The number of benzene rings is 2. The van der Waals surface area contributed by atoms with Crippen molar-refractivity contribution in [2.75, 3.05) is 40.4 Å². The average molecular weight is 489 g/mol. The van der Waals surface area contributed by atoms with Gasteiger partial charge in [0.05, 0.1) is 20.5 Å². The van der Waals surface area contributed by atoms with E-state index in [1.54, 1.807) is 26.6 Å². The summed E-state index contributed by atoms with van der Waals surface area (Å²) in [6.07, 6.45) is 10.2. The predicted octanol–water partition coefficient (Wildman–Crippen LogP) is 6.00. The number of para-hydroxylation sites is 1. The van der Waals surface area contributed by atoms with Gasteiger partial charge in [-0.2, -0.15) is 0 Å². The molecule has 2 heterocycles. The second-order valence-corrected chi connectivity index (χ2v) is 9.88. The summed E-state index contributed by atoms with van der Waals surface area (Å²) in [7, 11) is 3.32. The summed E-state index contributed by atoms with van der Waals surface area (Å²) in [5.74, 6) is 1.54. The van der Waals surface area contributed by atoms with Gasteiger partial charge in [-0.05, 0) is 37.5 Å². The van der Waals surface area contributed by atoms with Crippen LogP contribution in [-0.2, 0) is 4.79 Å². The van der Waals surface area contributed by atoms with E-state index in [1.165, 1.54) is 32.1 Å². The lowest BCUT2D eigenvalue weighted by Crippen LogP contribution is -2.52.